The summed E-state index contributed by atoms with van der Waals surface area (Å²) in [7, 11) is 0. The Morgan fingerprint density at radius 1 is 1.28 bits per heavy atom. The number of nitrogens with two attached hydrogens (primary N) is 1. The van der Waals surface area contributed by atoms with Gasteiger partial charge in [0, 0.05) is 35.5 Å². The van der Waals surface area contributed by atoms with Crippen molar-refractivity contribution in [3.05, 3.63) is 29.3 Å². The molecular weight excluding hydrogens is 516 g/mol. The minimum Gasteiger partial charge on any atom is -0.598 e. The van der Waals surface area contributed by atoms with Crippen LogP contribution < -0.4 is 15.4 Å². The monoisotopic (exact) mass is 548 g/mol. The maximum Gasteiger partial charge on any atom is 0.212 e. The van der Waals surface area contributed by atoms with Crippen molar-refractivity contribution in [2.24, 2.45) is 5.41 Å². The number of aryl methyl sites for hydroxylation is 1. The molecule has 1 saturated heterocycles. The number of aromatic nitrogens is 5. The van der Waals surface area contributed by atoms with Gasteiger partial charge in [0.2, 0.25) is 5.95 Å². The van der Waals surface area contributed by atoms with E-state index in [0.717, 1.165) is 59.4 Å². The predicted molar refractivity (Wildman–Crippen MR) is 146 cm³/mol. The van der Waals surface area contributed by atoms with Gasteiger partial charge in [-0.25, -0.2) is 14.4 Å². The molecule has 1 aliphatic heterocycles. The van der Waals surface area contributed by atoms with Gasteiger partial charge in [-0.15, -0.1) is 14.9 Å². The van der Waals surface area contributed by atoms with Crippen LogP contribution in [0.4, 0.5) is 11.8 Å². The number of anilines is 2. The maximum absolute atomic E-state index is 12.8. The summed E-state index contributed by atoms with van der Waals surface area (Å²) >= 11 is 6.81. The Hall–Kier alpha value is -1.79. The number of fused-ring (bicyclic) bond motifs is 1. The summed E-state index contributed by atoms with van der Waals surface area (Å²) in [5.74, 6) is 1.16. The highest BCUT2D eigenvalue weighted by molar-refractivity contribution is 7.99. The standard InChI is InChI=1S/C24H33ClN8OS2/c1-15-19(35-16-7-11-27-20(26)18(16)25)21-30-28-14-33(21)22(29-15)32-12-9-24(10-13-32)8-5-6-17(24)31-36(34)23(2,3)4/h7,11,14,17,31H,5-6,8-10,12-13H2,1-4H3,(H2,26,27)/t17-,36?/m1/s1. The summed E-state index contributed by atoms with van der Waals surface area (Å²) in [6.07, 6.45) is 8.90. The second-order valence-electron chi connectivity index (χ2n) is 10.8. The molecule has 1 spiro atoms. The Labute approximate surface area is 224 Å². The summed E-state index contributed by atoms with van der Waals surface area (Å²) in [6, 6.07) is 2.13. The van der Waals surface area contributed by atoms with Crippen LogP contribution in [0.5, 0.6) is 0 Å². The van der Waals surface area contributed by atoms with Gasteiger partial charge in [-0.2, -0.15) is 0 Å². The van der Waals surface area contributed by atoms with Crippen LogP contribution in [-0.2, 0) is 11.4 Å². The van der Waals surface area contributed by atoms with E-state index in [9.17, 15) is 4.55 Å². The molecule has 2 aliphatic rings. The highest BCUT2D eigenvalue weighted by Gasteiger charge is 2.48. The summed E-state index contributed by atoms with van der Waals surface area (Å²) in [5, 5.41) is 9.04. The van der Waals surface area contributed by atoms with E-state index >= 15 is 0 Å². The molecule has 194 valence electrons. The van der Waals surface area contributed by atoms with Gasteiger partial charge in [-0.1, -0.05) is 29.8 Å². The molecule has 36 heavy (non-hydrogen) atoms. The van der Waals surface area contributed by atoms with Crippen LogP contribution in [-0.4, -0.2) is 53.0 Å². The lowest BCUT2D eigenvalue weighted by atomic mass is 9.74. The molecular formula is C24H33ClN8OS2. The van der Waals surface area contributed by atoms with Gasteiger partial charge in [0.05, 0.1) is 21.7 Å². The van der Waals surface area contributed by atoms with Crippen LogP contribution in [0, 0.1) is 12.3 Å². The zero-order valence-corrected chi connectivity index (χ0v) is 23.5. The Morgan fingerprint density at radius 3 is 2.75 bits per heavy atom. The summed E-state index contributed by atoms with van der Waals surface area (Å²) in [6.45, 7) is 9.84. The van der Waals surface area contributed by atoms with E-state index in [1.165, 1.54) is 24.6 Å². The van der Waals surface area contributed by atoms with E-state index in [4.69, 9.17) is 22.3 Å². The molecule has 4 heterocycles. The zero-order chi connectivity index (χ0) is 25.7. The first-order valence-electron chi connectivity index (χ1n) is 12.3. The molecule has 9 nitrogen and oxygen atoms in total. The van der Waals surface area contributed by atoms with Crippen molar-refractivity contribution < 1.29 is 4.55 Å². The van der Waals surface area contributed by atoms with Gasteiger partial charge in [-0.3, -0.25) is 0 Å². The molecule has 5 rings (SSSR count). The first kappa shape index (κ1) is 25.8. The lowest BCUT2D eigenvalue weighted by molar-refractivity contribution is 0.186. The number of hydrogen-bond donors (Lipinski definition) is 2. The highest BCUT2D eigenvalue weighted by Crippen LogP contribution is 2.48. The maximum atomic E-state index is 12.8. The molecule has 3 N–H and O–H groups in total. The van der Waals surface area contributed by atoms with E-state index in [2.05, 4.69) is 24.8 Å². The molecule has 0 amide bonds. The molecule has 0 bridgehead atoms. The lowest BCUT2D eigenvalue weighted by Crippen LogP contribution is -2.53. The Morgan fingerprint density at radius 2 is 2.03 bits per heavy atom. The predicted octanol–water partition coefficient (Wildman–Crippen LogP) is 4.41. The molecule has 1 saturated carbocycles. The van der Waals surface area contributed by atoms with Crippen LogP contribution in [0.1, 0.15) is 58.6 Å². The molecule has 0 radical (unpaired) electrons. The average molecular weight is 549 g/mol. The quantitative estimate of drug-likeness (QED) is 0.447. The SMILES string of the molecule is Cc1nc(N2CCC3(CCC[C@H]3N[S+]([O-])C(C)(C)C)CC2)n2cnnc2c1Sc1ccnc(N)c1Cl. The number of hydrogen-bond acceptors (Lipinski definition) is 9. The third-order valence-corrected chi connectivity index (χ3v) is 10.8. The van der Waals surface area contributed by atoms with E-state index in [1.54, 1.807) is 12.5 Å². The first-order chi connectivity index (χ1) is 17.1. The third kappa shape index (κ3) is 4.76. The lowest BCUT2D eigenvalue weighted by Gasteiger charge is -2.44. The largest absolute Gasteiger partial charge is 0.598 e. The van der Waals surface area contributed by atoms with Gasteiger partial charge >= 0.3 is 0 Å². The topological polar surface area (TPSA) is 120 Å². The van der Waals surface area contributed by atoms with Gasteiger partial charge < -0.3 is 15.2 Å². The van der Waals surface area contributed by atoms with Crippen molar-refractivity contribution in [2.75, 3.05) is 23.7 Å². The molecule has 3 aromatic rings. The van der Waals surface area contributed by atoms with Gasteiger partial charge in [-0.05, 0) is 64.9 Å². The van der Waals surface area contributed by atoms with E-state index < -0.39 is 11.4 Å². The second kappa shape index (κ2) is 9.83. The number of pyridine rings is 1. The fourth-order valence-electron chi connectivity index (χ4n) is 5.30. The summed E-state index contributed by atoms with van der Waals surface area (Å²) < 4.78 is 18.0. The minimum absolute atomic E-state index is 0.187. The molecule has 1 aliphatic carbocycles. The fourth-order valence-corrected chi connectivity index (χ4v) is 7.48. The number of piperidine rings is 1. The number of rotatable bonds is 5. The highest BCUT2D eigenvalue weighted by atomic mass is 35.5. The van der Waals surface area contributed by atoms with Crippen LogP contribution in [0.15, 0.2) is 28.4 Å². The van der Waals surface area contributed by atoms with Crippen LogP contribution >= 0.6 is 23.4 Å². The normalized spacial score (nSPS) is 20.9. The van der Waals surface area contributed by atoms with Gasteiger partial charge in [0.1, 0.15) is 16.9 Å². The van der Waals surface area contributed by atoms with Crippen LogP contribution in [0.2, 0.25) is 5.02 Å². The van der Waals surface area contributed by atoms with Crippen molar-refractivity contribution in [2.45, 2.75) is 80.4 Å². The van der Waals surface area contributed by atoms with Gasteiger partial charge in [0.25, 0.3) is 0 Å². The Bertz CT molecular complexity index is 1250. The molecule has 0 aromatic carbocycles. The van der Waals surface area contributed by atoms with E-state index in [0.29, 0.717) is 16.9 Å². The van der Waals surface area contributed by atoms with Crippen LogP contribution in [0.3, 0.4) is 0 Å². The molecule has 2 atom stereocenters. The van der Waals surface area contributed by atoms with Crippen molar-refractivity contribution in [3.63, 3.8) is 0 Å². The molecule has 1 unspecified atom stereocenters. The zero-order valence-electron chi connectivity index (χ0n) is 21.1. The number of nitrogens with zero attached hydrogens (tertiary/aromatic N) is 6. The fraction of sp³-hybridized carbons (Fsp3) is 0.583. The average Bonchev–Trinajstić information content (AvgIpc) is 3.46. The van der Waals surface area contributed by atoms with Crippen molar-refractivity contribution >= 4 is 52.1 Å². The Balaban J connectivity index is 1.37. The molecule has 3 aromatic heterocycles. The smallest absolute Gasteiger partial charge is 0.212 e. The number of nitrogens with one attached hydrogen (secondary N) is 1. The van der Waals surface area contributed by atoms with Crippen molar-refractivity contribution in [3.8, 4) is 0 Å². The molecule has 12 heteroatoms. The van der Waals surface area contributed by atoms with Crippen molar-refractivity contribution in [1.82, 2.24) is 29.3 Å². The second-order valence-corrected chi connectivity index (χ2v) is 14.2. The Kier molecular flexibility index (Phi) is 7.05. The third-order valence-electron chi connectivity index (χ3n) is 7.41. The van der Waals surface area contributed by atoms with E-state index in [-0.39, 0.29) is 10.2 Å². The molecule has 2 fully saturated rings. The summed E-state index contributed by atoms with van der Waals surface area (Å²) in [4.78, 5) is 13.1. The van der Waals surface area contributed by atoms with Crippen molar-refractivity contribution in [1.29, 1.82) is 0 Å². The number of nitrogen functional groups attached to an aromatic ring is 1. The summed E-state index contributed by atoms with van der Waals surface area (Å²) in [5.41, 5.74) is 7.70. The van der Waals surface area contributed by atoms with Gasteiger partial charge in [0.15, 0.2) is 5.65 Å². The minimum atomic E-state index is -1.06. The first-order valence-corrected chi connectivity index (χ1v) is 14.6. The van der Waals surface area contributed by atoms with E-state index in [1.807, 2.05) is 38.2 Å². The number of halogens is 1. The van der Waals surface area contributed by atoms with Crippen LogP contribution in [0.25, 0.3) is 5.65 Å².